The molecule has 79 valence electrons. The Bertz CT molecular complexity index is 399. The Morgan fingerprint density at radius 3 is 2.40 bits per heavy atom. The topological polar surface area (TPSA) is 23.8 Å². The van der Waals surface area contributed by atoms with E-state index >= 15 is 0 Å². The highest BCUT2D eigenvalue weighted by molar-refractivity contribution is 5.43. The van der Waals surface area contributed by atoms with E-state index in [9.17, 15) is 13.2 Å². The molecule has 1 aromatic carbocycles. The van der Waals surface area contributed by atoms with Crippen LogP contribution >= 0.6 is 0 Å². The molecule has 0 saturated carbocycles. The van der Waals surface area contributed by atoms with Crippen molar-refractivity contribution in [2.45, 2.75) is 19.0 Å². The molecule has 4 heteroatoms. The summed E-state index contributed by atoms with van der Waals surface area (Å²) in [6, 6.07) is 4.92. The van der Waals surface area contributed by atoms with Crippen molar-refractivity contribution in [1.82, 2.24) is 0 Å². The minimum atomic E-state index is -4.38. The molecule has 0 aromatic heterocycles. The van der Waals surface area contributed by atoms with Gasteiger partial charge in [0.2, 0.25) is 0 Å². The van der Waals surface area contributed by atoms with Gasteiger partial charge in [0.15, 0.2) is 0 Å². The molecule has 1 atom stereocenters. The van der Waals surface area contributed by atoms with E-state index in [1.807, 2.05) is 6.07 Å². The molecule has 1 nitrogen and oxygen atoms in total. The molecule has 0 amide bonds. The van der Waals surface area contributed by atoms with Crippen molar-refractivity contribution in [3.63, 3.8) is 0 Å². The Morgan fingerprint density at radius 2 is 2.00 bits per heavy atom. The average Bonchev–Trinajstić information content (AvgIpc) is 2.15. The zero-order chi connectivity index (χ0) is 11.6. The molecular weight excluding hydrogens is 203 g/mol. The predicted molar refractivity (Wildman–Crippen MR) is 49.9 cm³/mol. The number of rotatable bonds is 1. The molecule has 0 saturated heterocycles. The number of hydrogen-bond donors (Lipinski definition) is 0. The molecule has 0 aliphatic carbocycles. The van der Waals surface area contributed by atoms with Crippen LogP contribution in [0.15, 0.2) is 18.2 Å². The maximum Gasteiger partial charge on any atom is 0.416 e. The summed E-state index contributed by atoms with van der Waals surface area (Å²) < 4.78 is 37.1. The number of nitrogens with zero attached hydrogens (tertiary/aromatic N) is 1. The molecule has 1 aromatic rings. The Morgan fingerprint density at radius 1 is 1.40 bits per heavy atom. The van der Waals surface area contributed by atoms with Crippen LogP contribution in [0.1, 0.15) is 29.5 Å². The maximum absolute atomic E-state index is 12.4. The van der Waals surface area contributed by atoms with E-state index in [1.165, 1.54) is 6.07 Å². The fourth-order valence-electron chi connectivity index (χ4n) is 1.25. The van der Waals surface area contributed by atoms with Crippen molar-refractivity contribution >= 4 is 0 Å². The average molecular weight is 212 g/mol. The molecule has 0 heterocycles. The summed E-state index contributed by atoms with van der Waals surface area (Å²) in [6.07, 6.45) is -4.38. The van der Waals surface area contributed by atoms with Gasteiger partial charge in [-0.2, -0.15) is 18.4 Å². The standard InChI is InChI=1S/C11H9F3N/c1-7(2)10-5-9(11(12,13)14)4-3-8(10)6-15/h3-5,7H,1H2,2H3. The first-order valence-corrected chi connectivity index (χ1v) is 4.30. The normalized spacial score (nSPS) is 11.5. The van der Waals surface area contributed by atoms with Crippen LogP contribution in [0.3, 0.4) is 0 Å². The lowest BCUT2D eigenvalue weighted by atomic mass is 9.95. The molecule has 0 spiro atoms. The zero-order valence-corrected chi connectivity index (χ0v) is 8.10. The molecule has 0 fully saturated rings. The highest BCUT2D eigenvalue weighted by Crippen LogP contribution is 2.32. The molecule has 1 radical (unpaired) electrons. The largest absolute Gasteiger partial charge is 0.416 e. The second-order valence-corrected chi connectivity index (χ2v) is 3.31. The third-order valence-electron chi connectivity index (χ3n) is 2.03. The summed E-state index contributed by atoms with van der Waals surface area (Å²) in [5.74, 6) is -0.345. The zero-order valence-electron chi connectivity index (χ0n) is 8.10. The van der Waals surface area contributed by atoms with Crippen LogP contribution < -0.4 is 0 Å². The summed E-state index contributed by atoms with van der Waals surface area (Å²) >= 11 is 0. The molecule has 0 N–H and O–H groups in total. The van der Waals surface area contributed by atoms with Gasteiger partial charge in [-0.25, -0.2) is 0 Å². The van der Waals surface area contributed by atoms with Crippen LogP contribution in [0.5, 0.6) is 0 Å². The van der Waals surface area contributed by atoms with Gasteiger partial charge in [-0.05, 0) is 36.6 Å². The first-order chi connectivity index (χ1) is 6.86. The van der Waals surface area contributed by atoms with Crippen molar-refractivity contribution in [2.24, 2.45) is 0 Å². The maximum atomic E-state index is 12.4. The summed E-state index contributed by atoms with van der Waals surface area (Å²) in [7, 11) is 0. The summed E-state index contributed by atoms with van der Waals surface area (Å²) in [5.41, 5.74) is -0.176. The van der Waals surface area contributed by atoms with Crippen molar-refractivity contribution in [3.05, 3.63) is 41.8 Å². The summed E-state index contributed by atoms with van der Waals surface area (Å²) in [5, 5.41) is 8.70. The van der Waals surface area contributed by atoms with E-state index < -0.39 is 11.7 Å². The van der Waals surface area contributed by atoms with Gasteiger partial charge in [-0.15, -0.1) is 0 Å². The van der Waals surface area contributed by atoms with E-state index in [0.29, 0.717) is 5.56 Å². The summed E-state index contributed by atoms with van der Waals surface area (Å²) in [4.78, 5) is 0. The highest BCUT2D eigenvalue weighted by atomic mass is 19.4. The van der Waals surface area contributed by atoms with Gasteiger partial charge in [-0.3, -0.25) is 0 Å². The fraction of sp³-hybridized carbons (Fsp3) is 0.273. The first-order valence-electron chi connectivity index (χ1n) is 4.30. The monoisotopic (exact) mass is 212 g/mol. The lowest BCUT2D eigenvalue weighted by molar-refractivity contribution is -0.137. The van der Waals surface area contributed by atoms with Gasteiger partial charge in [0.25, 0.3) is 0 Å². The highest BCUT2D eigenvalue weighted by Gasteiger charge is 2.31. The Balaban J connectivity index is 3.30. The third-order valence-corrected chi connectivity index (χ3v) is 2.03. The lowest BCUT2D eigenvalue weighted by Gasteiger charge is -2.12. The number of nitriles is 1. The molecule has 1 rings (SSSR count). The molecule has 0 aliphatic rings. The second-order valence-electron chi connectivity index (χ2n) is 3.31. The molecular formula is C11H9F3N. The van der Waals surface area contributed by atoms with Crippen LogP contribution in [-0.2, 0) is 6.18 Å². The SMILES string of the molecule is [CH2]C(C)c1cc(C(F)(F)F)ccc1C#N. The molecule has 0 bridgehead atoms. The van der Waals surface area contributed by atoms with E-state index in [2.05, 4.69) is 6.92 Å². The Labute approximate surface area is 86.1 Å². The number of halogens is 3. The van der Waals surface area contributed by atoms with E-state index in [0.717, 1.165) is 12.1 Å². The van der Waals surface area contributed by atoms with Crippen molar-refractivity contribution in [3.8, 4) is 6.07 Å². The van der Waals surface area contributed by atoms with Crippen LogP contribution in [0.4, 0.5) is 13.2 Å². The minimum Gasteiger partial charge on any atom is -0.192 e. The lowest BCUT2D eigenvalue weighted by Crippen LogP contribution is -2.06. The van der Waals surface area contributed by atoms with Crippen molar-refractivity contribution in [2.75, 3.05) is 0 Å². The number of benzene rings is 1. The predicted octanol–water partition coefficient (Wildman–Crippen LogP) is 3.51. The number of alkyl halides is 3. The van der Waals surface area contributed by atoms with Crippen LogP contribution in [0, 0.1) is 18.3 Å². The summed E-state index contributed by atoms with van der Waals surface area (Å²) in [6.45, 7) is 5.27. The quantitative estimate of drug-likeness (QED) is 0.698. The van der Waals surface area contributed by atoms with Gasteiger partial charge in [0, 0.05) is 0 Å². The van der Waals surface area contributed by atoms with E-state index in [1.54, 1.807) is 6.92 Å². The van der Waals surface area contributed by atoms with Crippen LogP contribution in [0.2, 0.25) is 0 Å². The van der Waals surface area contributed by atoms with Gasteiger partial charge >= 0.3 is 6.18 Å². The number of hydrogen-bond acceptors (Lipinski definition) is 1. The molecule has 0 aliphatic heterocycles. The Hall–Kier alpha value is -1.50. The minimum absolute atomic E-state index is 0.241. The third kappa shape index (κ3) is 2.50. The van der Waals surface area contributed by atoms with Gasteiger partial charge in [0.05, 0.1) is 17.2 Å². The van der Waals surface area contributed by atoms with E-state index in [-0.39, 0.29) is 11.5 Å². The molecule has 1 unspecified atom stereocenters. The van der Waals surface area contributed by atoms with Gasteiger partial charge in [0.1, 0.15) is 0 Å². The van der Waals surface area contributed by atoms with Crippen molar-refractivity contribution in [1.29, 1.82) is 5.26 Å². The van der Waals surface area contributed by atoms with Gasteiger partial charge in [-0.1, -0.05) is 6.92 Å². The van der Waals surface area contributed by atoms with Gasteiger partial charge < -0.3 is 0 Å². The van der Waals surface area contributed by atoms with Crippen LogP contribution in [-0.4, -0.2) is 0 Å². The first kappa shape index (κ1) is 11.6. The Kier molecular flexibility index (Phi) is 3.04. The van der Waals surface area contributed by atoms with E-state index in [4.69, 9.17) is 5.26 Å². The smallest absolute Gasteiger partial charge is 0.192 e. The molecule has 15 heavy (non-hydrogen) atoms. The van der Waals surface area contributed by atoms with Crippen LogP contribution in [0.25, 0.3) is 0 Å². The van der Waals surface area contributed by atoms with Crippen molar-refractivity contribution < 1.29 is 13.2 Å². The second kappa shape index (κ2) is 3.93. The fourth-order valence-corrected chi connectivity index (χ4v) is 1.25.